The number of ether oxygens (including phenoxy) is 1. The summed E-state index contributed by atoms with van der Waals surface area (Å²) >= 11 is 0. The lowest BCUT2D eigenvalue weighted by atomic mass is 10.1. The molecule has 5 heteroatoms. The summed E-state index contributed by atoms with van der Waals surface area (Å²) < 4.78 is 4.54. The van der Waals surface area contributed by atoms with Gasteiger partial charge in [-0.2, -0.15) is 0 Å². The summed E-state index contributed by atoms with van der Waals surface area (Å²) in [5, 5.41) is 35.0. The lowest BCUT2D eigenvalue weighted by molar-refractivity contribution is -0.132. The minimum Gasteiger partial charge on any atom is -0.394 e. The predicted molar refractivity (Wildman–Crippen MR) is 30.0 cm³/mol. The summed E-state index contributed by atoms with van der Waals surface area (Å²) in [5.74, 6) is 0. The molecule has 0 aromatic rings. The van der Waals surface area contributed by atoms with Crippen molar-refractivity contribution in [3.63, 3.8) is 0 Å². The molecule has 1 aliphatic heterocycles. The van der Waals surface area contributed by atoms with E-state index in [-0.39, 0.29) is 0 Å². The maximum atomic E-state index is 8.93. The number of aliphatic hydroxyl groups excluding tert-OH is 4. The van der Waals surface area contributed by atoms with E-state index in [0.717, 1.165) is 0 Å². The van der Waals surface area contributed by atoms with E-state index in [2.05, 4.69) is 4.74 Å². The van der Waals surface area contributed by atoms with Gasteiger partial charge in [-0.25, -0.2) is 0 Å². The van der Waals surface area contributed by atoms with Crippen LogP contribution in [0.15, 0.2) is 0 Å². The molecule has 0 saturated carbocycles. The Morgan fingerprint density at radius 1 is 1.10 bits per heavy atom. The van der Waals surface area contributed by atoms with Gasteiger partial charge >= 0.3 is 0 Å². The van der Waals surface area contributed by atoms with Gasteiger partial charge in [0.2, 0.25) is 0 Å². The van der Waals surface area contributed by atoms with E-state index < -0.39 is 31.2 Å². The van der Waals surface area contributed by atoms with Crippen LogP contribution in [0.1, 0.15) is 0 Å². The van der Waals surface area contributed by atoms with Crippen LogP contribution in [-0.4, -0.2) is 51.6 Å². The zero-order chi connectivity index (χ0) is 7.72. The molecule has 0 aromatic heterocycles. The molecule has 0 aromatic carbocycles. The van der Waals surface area contributed by atoms with Crippen molar-refractivity contribution in [2.24, 2.45) is 0 Å². The van der Waals surface area contributed by atoms with Gasteiger partial charge in [-0.05, 0) is 0 Å². The molecule has 0 amide bonds. The Labute approximate surface area is 57.5 Å². The van der Waals surface area contributed by atoms with E-state index >= 15 is 0 Å². The molecule has 1 fully saturated rings. The molecule has 4 N–H and O–H groups in total. The molecule has 0 aliphatic carbocycles. The van der Waals surface area contributed by atoms with Crippen molar-refractivity contribution in [3.05, 3.63) is 0 Å². The highest BCUT2D eigenvalue weighted by Gasteiger charge is 2.41. The topological polar surface area (TPSA) is 90.2 Å². The van der Waals surface area contributed by atoms with Crippen molar-refractivity contribution < 1.29 is 25.2 Å². The smallest absolute Gasteiger partial charge is 0.184 e. The summed E-state index contributed by atoms with van der Waals surface area (Å²) in [7, 11) is 0. The first-order chi connectivity index (χ1) is 4.66. The fraction of sp³-hybridized carbons (Fsp3) is 1.00. The Kier molecular flexibility index (Phi) is 2.22. The quantitative estimate of drug-likeness (QED) is 0.329. The second-order valence-corrected chi connectivity index (χ2v) is 2.23. The van der Waals surface area contributed by atoms with Crippen molar-refractivity contribution in [3.8, 4) is 0 Å². The van der Waals surface area contributed by atoms with E-state index in [1.807, 2.05) is 0 Å². The molecule has 4 atom stereocenters. The molecule has 1 aliphatic rings. The molecule has 5 nitrogen and oxygen atoms in total. The summed E-state index contributed by atoms with van der Waals surface area (Å²) in [6.45, 7) is -0.407. The summed E-state index contributed by atoms with van der Waals surface area (Å²) in [6, 6.07) is 0. The van der Waals surface area contributed by atoms with Gasteiger partial charge in [-0.15, -0.1) is 0 Å². The van der Waals surface area contributed by atoms with Crippen LogP contribution in [0.2, 0.25) is 0 Å². The second kappa shape index (κ2) is 2.81. The number of aliphatic hydroxyl groups is 4. The number of hydrogen-bond donors (Lipinski definition) is 4. The maximum Gasteiger partial charge on any atom is 0.184 e. The van der Waals surface area contributed by atoms with Gasteiger partial charge in [-0.1, -0.05) is 0 Å². The number of rotatable bonds is 1. The van der Waals surface area contributed by atoms with Crippen LogP contribution in [0, 0.1) is 0 Å². The van der Waals surface area contributed by atoms with E-state index in [1.54, 1.807) is 0 Å². The average Bonchev–Trinajstić information content (AvgIpc) is 2.17. The molecule has 1 heterocycles. The maximum absolute atomic E-state index is 8.93. The van der Waals surface area contributed by atoms with Crippen LogP contribution in [0.4, 0.5) is 0 Å². The first-order valence-corrected chi connectivity index (χ1v) is 2.97. The SMILES string of the molecule is OC[C@H]1O[C@H](O)[C@H](O)[C@H]1O. The van der Waals surface area contributed by atoms with Crippen molar-refractivity contribution in [2.45, 2.75) is 24.6 Å². The molecule has 0 bridgehead atoms. The Balaban J connectivity index is 2.53. The van der Waals surface area contributed by atoms with Gasteiger partial charge in [0, 0.05) is 0 Å². The minimum atomic E-state index is -1.38. The van der Waals surface area contributed by atoms with Crippen LogP contribution in [-0.2, 0) is 4.74 Å². The second-order valence-electron chi connectivity index (χ2n) is 2.23. The predicted octanol–water partition coefficient (Wildman–Crippen LogP) is -2.58. The van der Waals surface area contributed by atoms with E-state index in [0.29, 0.717) is 0 Å². The van der Waals surface area contributed by atoms with Crippen molar-refractivity contribution in [1.29, 1.82) is 0 Å². The molecule has 0 spiro atoms. The molecule has 1 rings (SSSR count). The third-order valence-electron chi connectivity index (χ3n) is 1.52. The van der Waals surface area contributed by atoms with Crippen molar-refractivity contribution in [2.75, 3.05) is 6.61 Å². The fourth-order valence-corrected chi connectivity index (χ4v) is 0.880. The zero-order valence-corrected chi connectivity index (χ0v) is 5.21. The highest BCUT2D eigenvalue weighted by Crippen LogP contribution is 2.18. The summed E-state index contributed by atoms with van der Waals surface area (Å²) in [5.41, 5.74) is 0. The first-order valence-electron chi connectivity index (χ1n) is 2.97. The minimum absolute atomic E-state index is 0.407. The zero-order valence-electron chi connectivity index (χ0n) is 5.21. The van der Waals surface area contributed by atoms with Crippen LogP contribution in [0.3, 0.4) is 0 Å². The third-order valence-corrected chi connectivity index (χ3v) is 1.52. The molecule has 60 valence electrons. The van der Waals surface area contributed by atoms with Crippen molar-refractivity contribution in [1.82, 2.24) is 0 Å². The lowest BCUT2D eigenvalue weighted by Crippen LogP contribution is -2.33. The van der Waals surface area contributed by atoms with Crippen LogP contribution in [0.5, 0.6) is 0 Å². The highest BCUT2D eigenvalue weighted by atomic mass is 16.6. The Bertz CT molecular complexity index is 117. The van der Waals surface area contributed by atoms with Crippen molar-refractivity contribution >= 4 is 0 Å². The van der Waals surface area contributed by atoms with Gasteiger partial charge in [0.25, 0.3) is 0 Å². The largest absolute Gasteiger partial charge is 0.394 e. The highest BCUT2D eigenvalue weighted by molar-refractivity contribution is 4.84. The van der Waals surface area contributed by atoms with Gasteiger partial charge in [0.1, 0.15) is 18.3 Å². The summed E-state index contributed by atoms with van der Waals surface area (Å²) in [4.78, 5) is 0. The molecular weight excluding hydrogens is 140 g/mol. The van der Waals surface area contributed by atoms with Crippen LogP contribution >= 0.6 is 0 Å². The van der Waals surface area contributed by atoms with Gasteiger partial charge in [-0.3, -0.25) is 0 Å². The Morgan fingerprint density at radius 2 is 1.70 bits per heavy atom. The average molecular weight is 150 g/mol. The standard InChI is InChI=1S/C5H10O5/c6-1-2-3(7)4(8)5(9)10-2/h2-9H,1H2/t2-,3+,4-,5+/m1/s1. The van der Waals surface area contributed by atoms with E-state index in [1.165, 1.54) is 0 Å². The van der Waals surface area contributed by atoms with E-state index in [4.69, 9.17) is 20.4 Å². The molecular formula is C5H10O5. The normalized spacial score (nSPS) is 48.0. The van der Waals surface area contributed by atoms with Gasteiger partial charge in [0.05, 0.1) is 6.61 Å². The van der Waals surface area contributed by atoms with Crippen LogP contribution < -0.4 is 0 Å². The summed E-state index contributed by atoms with van der Waals surface area (Å²) in [6.07, 6.45) is -4.76. The monoisotopic (exact) mass is 150 g/mol. The Morgan fingerprint density at radius 3 is 1.90 bits per heavy atom. The lowest BCUT2D eigenvalue weighted by Gasteiger charge is -2.09. The van der Waals surface area contributed by atoms with Crippen LogP contribution in [0.25, 0.3) is 0 Å². The van der Waals surface area contributed by atoms with Gasteiger partial charge < -0.3 is 25.2 Å². The first kappa shape index (κ1) is 7.90. The third kappa shape index (κ3) is 1.14. The Hall–Kier alpha value is -0.200. The number of hydrogen-bond acceptors (Lipinski definition) is 5. The van der Waals surface area contributed by atoms with Gasteiger partial charge in [0.15, 0.2) is 6.29 Å². The molecule has 1 saturated heterocycles. The molecule has 0 radical (unpaired) electrons. The molecule has 10 heavy (non-hydrogen) atoms. The molecule has 0 unspecified atom stereocenters. The van der Waals surface area contributed by atoms with E-state index in [9.17, 15) is 0 Å². The fourth-order valence-electron chi connectivity index (χ4n) is 0.880.